The minimum Gasteiger partial charge on any atom is -0.475 e. The summed E-state index contributed by atoms with van der Waals surface area (Å²) in [4.78, 5) is 49.8. The fourth-order valence-corrected chi connectivity index (χ4v) is 5.21. The van der Waals surface area contributed by atoms with Crippen molar-refractivity contribution in [2.24, 2.45) is 0 Å². The Bertz CT molecular complexity index is 1970. The van der Waals surface area contributed by atoms with Crippen LogP contribution in [0.15, 0.2) is 65.7 Å². The van der Waals surface area contributed by atoms with E-state index in [-0.39, 0.29) is 27.2 Å². The van der Waals surface area contributed by atoms with Crippen LogP contribution in [-0.4, -0.2) is 73.6 Å². The largest absolute Gasteiger partial charge is 0.490 e. The third kappa shape index (κ3) is 6.86. The normalized spacial score (nSPS) is 13.6. The van der Waals surface area contributed by atoms with Crippen molar-refractivity contribution < 1.29 is 32.3 Å². The van der Waals surface area contributed by atoms with E-state index in [4.69, 9.17) is 33.1 Å². The lowest BCUT2D eigenvalue weighted by atomic mass is 10.0. The van der Waals surface area contributed by atoms with Crippen LogP contribution in [-0.2, 0) is 11.2 Å². The first-order chi connectivity index (χ1) is 21.3. The number of alkyl halides is 3. The molecule has 10 nitrogen and oxygen atoms in total. The van der Waals surface area contributed by atoms with E-state index in [1.165, 1.54) is 18.3 Å². The van der Waals surface area contributed by atoms with Gasteiger partial charge in [-0.15, -0.1) is 0 Å². The van der Waals surface area contributed by atoms with Gasteiger partial charge in [0.05, 0.1) is 16.1 Å². The number of nitrogens with zero attached hydrogens (tertiary/aromatic N) is 5. The van der Waals surface area contributed by atoms with Crippen molar-refractivity contribution in [2.75, 3.05) is 31.1 Å². The summed E-state index contributed by atoms with van der Waals surface area (Å²) in [5.74, 6) is -3.11. The van der Waals surface area contributed by atoms with Gasteiger partial charge in [-0.3, -0.25) is 14.0 Å². The van der Waals surface area contributed by atoms with Crippen molar-refractivity contribution >= 4 is 57.4 Å². The number of para-hydroxylation sites is 1. The van der Waals surface area contributed by atoms with Crippen LogP contribution in [0.1, 0.15) is 21.6 Å². The zero-order chi connectivity index (χ0) is 32.5. The highest BCUT2D eigenvalue weighted by Gasteiger charge is 2.38. The summed E-state index contributed by atoms with van der Waals surface area (Å²) in [6.07, 6.45) is -1.46. The number of benzene rings is 2. The first-order valence-corrected chi connectivity index (χ1v) is 14.0. The summed E-state index contributed by atoms with van der Waals surface area (Å²) in [7, 11) is 0. The minimum atomic E-state index is -5.08. The number of hydrogen-bond acceptors (Lipinski definition) is 6. The van der Waals surface area contributed by atoms with Crippen molar-refractivity contribution in [1.82, 2.24) is 24.3 Å². The summed E-state index contributed by atoms with van der Waals surface area (Å²) in [6, 6.07) is 13.7. The molecule has 2 aromatic carbocycles. The molecule has 1 fully saturated rings. The Morgan fingerprint density at radius 3 is 2.40 bits per heavy atom. The van der Waals surface area contributed by atoms with Gasteiger partial charge in [0, 0.05) is 56.1 Å². The monoisotopic (exact) mass is 664 g/mol. The number of rotatable bonds is 4. The van der Waals surface area contributed by atoms with E-state index in [0.29, 0.717) is 55.3 Å². The Labute approximate surface area is 261 Å². The molecule has 1 amide bonds. The lowest BCUT2D eigenvalue weighted by Gasteiger charge is -2.35. The zero-order valence-electron chi connectivity index (χ0n) is 23.0. The van der Waals surface area contributed by atoms with Crippen LogP contribution in [0, 0.1) is 5.82 Å². The van der Waals surface area contributed by atoms with Crippen LogP contribution < -0.4 is 10.5 Å². The van der Waals surface area contributed by atoms with E-state index in [0.717, 1.165) is 10.9 Å². The van der Waals surface area contributed by atoms with Gasteiger partial charge < -0.3 is 19.9 Å². The fourth-order valence-electron chi connectivity index (χ4n) is 4.77. The third-order valence-corrected chi connectivity index (χ3v) is 7.76. The standard InChI is InChI=1S/C27H21Cl2FN6O2.C2HF3O2/c28-20-13-23-25(37)31-15-18(36(23)24(20)29)11-16-5-6-21(30)19(12-16)26(38)34-7-9-35(10-8-34)27-32-14-17-3-1-2-4-22(17)33-27;3-2(4,5)1(6)7/h1-6,12-15H,7-11H2,(H,31,37);(H,6,7). The van der Waals surface area contributed by atoms with E-state index in [1.54, 1.807) is 27.6 Å². The number of carboxylic acid groups (broad SMARTS) is 1. The Hall–Kier alpha value is -4.69. The van der Waals surface area contributed by atoms with Crippen LogP contribution in [0.3, 0.4) is 0 Å². The molecule has 0 spiro atoms. The van der Waals surface area contributed by atoms with E-state index in [2.05, 4.69) is 15.0 Å². The maximum Gasteiger partial charge on any atom is 0.490 e. The number of carboxylic acids is 1. The van der Waals surface area contributed by atoms with Gasteiger partial charge in [-0.05, 0) is 29.8 Å². The van der Waals surface area contributed by atoms with Gasteiger partial charge in [0.25, 0.3) is 11.5 Å². The van der Waals surface area contributed by atoms with Gasteiger partial charge in [-0.2, -0.15) is 13.2 Å². The molecule has 2 N–H and O–H groups in total. The van der Waals surface area contributed by atoms with Gasteiger partial charge in [-0.25, -0.2) is 19.2 Å². The second kappa shape index (κ2) is 12.7. The molecule has 234 valence electrons. The zero-order valence-corrected chi connectivity index (χ0v) is 24.5. The summed E-state index contributed by atoms with van der Waals surface area (Å²) in [5.41, 5.74) is 2.17. The number of aliphatic carboxylic acids is 1. The van der Waals surface area contributed by atoms with Gasteiger partial charge in [0.2, 0.25) is 5.95 Å². The van der Waals surface area contributed by atoms with E-state index in [9.17, 15) is 27.2 Å². The van der Waals surface area contributed by atoms with Crippen LogP contribution in [0.25, 0.3) is 16.4 Å². The van der Waals surface area contributed by atoms with Crippen molar-refractivity contribution in [3.63, 3.8) is 0 Å². The number of fused-ring (bicyclic) bond motifs is 2. The molecule has 3 aromatic heterocycles. The number of aromatic nitrogens is 4. The van der Waals surface area contributed by atoms with Crippen LogP contribution in [0.4, 0.5) is 23.5 Å². The smallest absolute Gasteiger partial charge is 0.475 e. The first-order valence-electron chi connectivity index (χ1n) is 13.2. The molecule has 1 aliphatic rings. The molecule has 0 bridgehead atoms. The van der Waals surface area contributed by atoms with Gasteiger partial charge in [0.1, 0.15) is 16.5 Å². The molecule has 4 heterocycles. The second-order valence-corrected chi connectivity index (χ2v) is 10.7. The second-order valence-electron chi connectivity index (χ2n) is 9.91. The molecule has 45 heavy (non-hydrogen) atoms. The van der Waals surface area contributed by atoms with E-state index >= 15 is 0 Å². The van der Waals surface area contributed by atoms with Crippen molar-refractivity contribution in [1.29, 1.82) is 0 Å². The number of nitrogens with one attached hydrogen (secondary N) is 1. The Balaban J connectivity index is 0.000000515. The van der Waals surface area contributed by atoms with Crippen LogP contribution >= 0.6 is 23.2 Å². The molecule has 0 aliphatic carbocycles. The number of H-pyrrole nitrogens is 1. The summed E-state index contributed by atoms with van der Waals surface area (Å²) < 4.78 is 48.1. The highest BCUT2D eigenvalue weighted by Crippen LogP contribution is 2.27. The quantitative estimate of drug-likeness (QED) is 0.253. The molecule has 1 aliphatic heterocycles. The van der Waals surface area contributed by atoms with Gasteiger partial charge in [0.15, 0.2) is 0 Å². The maximum atomic E-state index is 14.8. The molecular formula is C29H22Cl2F4N6O4. The number of piperazine rings is 1. The number of aromatic amines is 1. The number of carbonyl (C=O) groups excluding carboxylic acids is 1. The highest BCUT2D eigenvalue weighted by molar-refractivity contribution is 6.42. The topological polar surface area (TPSA) is 124 Å². The predicted octanol–water partition coefficient (Wildman–Crippen LogP) is 5.20. The van der Waals surface area contributed by atoms with Crippen molar-refractivity contribution in [3.05, 3.63) is 104 Å². The number of amides is 1. The number of carbonyl (C=O) groups is 2. The minimum absolute atomic E-state index is 0.00444. The first kappa shape index (κ1) is 31.7. The average Bonchev–Trinajstić information content (AvgIpc) is 3.33. The molecule has 0 radical (unpaired) electrons. The number of anilines is 1. The molecule has 0 saturated carbocycles. The fraction of sp³-hybridized carbons (Fsp3) is 0.207. The average molecular weight is 665 g/mol. The number of halogens is 6. The highest BCUT2D eigenvalue weighted by atomic mass is 35.5. The van der Waals surface area contributed by atoms with E-state index in [1.807, 2.05) is 29.2 Å². The SMILES string of the molecule is O=C(O)C(F)(F)F.O=C(c1cc(Cc2c[nH]c(=O)c3cc(Cl)c(Cl)n23)ccc1F)N1CCN(c2ncc3ccccc3n2)CC1. The molecule has 1 saturated heterocycles. The third-order valence-electron chi connectivity index (χ3n) is 7.00. The number of hydrogen-bond donors (Lipinski definition) is 2. The molecular weight excluding hydrogens is 643 g/mol. The Kier molecular flexibility index (Phi) is 8.98. The summed E-state index contributed by atoms with van der Waals surface area (Å²) in [6.45, 7) is 1.90. The van der Waals surface area contributed by atoms with E-state index < -0.39 is 18.0 Å². The lowest BCUT2D eigenvalue weighted by molar-refractivity contribution is -0.192. The van der Waals surface area contributed by atoms with Crippen LogP contribution in [0.5, 0.6) is 0 Å². The van der Waals surface area contributed by atoms with Gasteiger partial charge >= 0.3 is 12.1 Å². The molecule has 16 heteroatoms. The summed E-state index contributed by atoms with van der Waals surface area (Å²) >= 11 is 12.5. The molecule has 0 unspecified atom stereocenters. The Morgan fingerprint density at radius 2 is 1.71 bits per heavy atom. The van der Waals surface area contributed by atoms with Crippen molar-refractivity contribution in [2.45, 2.75) is 12.6 Å². The molecule has 5 aromatic rings. The molecule has 0 atom stereocenters. The van der Waals surface area contributed by atoms with Crippen molar-refractivity contribution in [3.8, 4) is 0 Å². The maximum absolute atomic E-state index is 14.8. The van der Waals surface area contributed by atoms with Gasteiger partial charge in [-0.1, -0.05) is 47.5 Å². The predicted molar refractivity (Wildman–Crippen MR) is 159 cm³/mol. The Morgan fingerprint density at radius 1 is 1.02 bits per heavy atom. The van der Waals surface area contributed by atoms with Crippen LogP contribution in [0.2, 0.25) is 10.2 Å². The lowest BCUT2D eigenvalue weighted by Crippen LogP contribution is -2.49. The summed E-state index contributed by atoms with van der Waals surface area (Å²) in [5, 5.41) is 8.56. The molecule has 6 rings (SSSR count).